The molecule has 1 aromatic carbocycles. The minimum absolute atomic E-state index is 0.0917. The topological polar surface area (TPSA) is 74.7 Å². The SMILES string of the molecule is CN(Cc1ccncc1)c1ccc(/C(N)=N/O)cc1Br. The molecule has 0 unspecified atom stereocenters. The second-order valence-electron chi connectivity index (χ2n) is 4.36. The summed E-state index contributed by atoms with van der Waals surface area (Å²) in [5.41, 5.74) is 8.44. The van der Waals surface area contributed by atoms with Crippen LogP contribution in [0.15, 0.2) is 52.4 Å². The summed E-state index contributed by atoms with van der Waals surface area (Å²) in [6, 6.07) is 9.54. The number of aromatic nitrogens is 1. The van der Waals surface area contributed by atoms with Crippen molar-refractivity contribution < 1.29 is 5.21 Å². The van der Waals surface area contributed by atoms with E-state index in [0.29, 0.717) is 5.56 Å². The maximum Gasteiger partial charge on any atom is 0.170 e. The standard InChI is InChI=1S/C14H15BrN4O/c1-19(9-10-4-6-17-7-5-10)13-3-2-11(8-12(13)15)14(16)18-20/h2-8,20H,9H2,1H3,(H2,16,18). The van der Waals surface area contributed by atoms with Gasteiger partial charge >= 0.3 is 0 Å². The van der Waals surface area contributed by atoms with Crippen LogP contribution in [-0.4, -0.2) is 23.1 Å². The van der Waals surface area contributed by atoms with Crippen LogP contribution in [-0.2, 0) is 6.54 Å². The van der Waals surface area contributed by atoms with Gasteiger partial charge in [-0.2, -0.15) is 0 Å². The molecule has 0 aliphatic carbocycles. The van der Waals surface area contributed by atoms with E-state index in [4.69, 9.17) is 10.9 Å². The molecular weight excluding hydrogens is 320 g/mol. The molecule has 0 radical (unpaired) electrons. The molecule has 1 aromatic heterocycles. The first-order chi connectivity index (χ1) is 9.61. The average Bonchev–Trinajstić information content (AvgIpc) is 2.47. The highest BCUT2D eigenvalue weighted by Gasteiger charge is 2.09. The lowest BCUT2D eigenvalue weighted by Gasteiger charge is -2.21. The summed E-state index contributed by atoms with van der Waals surface area (Å²) in [5, 5.41) is 11.7. The van der Waals surface area contributed by atoms with E-state index in [2.05, 4.69) is 31.0 Å². The molecule has 2 aromatic rings. The average molecular weight is 335 g/mol. The third-order valence-electron chi connectivity index (χ3n) is 2.93. The largest absolute Gasteiger partial charge is 0.409 e. The molecule has 0 bridgehead atoms. The van der Waals surface area contributed by atoms with E-state index in [9.17, 15) is 0 Å². The first kappa shape index (κ1) is 14.3. The molecule has 0 aliphatic heterocycles. The van der Waals surface area contributed by atoms with Gasteiger partial charge in [-0.25, -0.2) is 0 Å². The number of nitrogens with two attached hydrogens (primary N) is 1. The van der Waals surface area contributed by atoms with Crippen LogP contribution in [0.5, 0.6) is 0 Å². The fraction of sp³-hybridized carbons (Fsp3) is 0.143. The Labute approximate surface area is 125 Å². The molecule has 0 spiro atoms. The van der Waals surface area contributed by atoms with E-state index >= 15 is 0 Å². The Kier molecular flexibility index (Phi) is 4.57. The van der Waals surface area contributed by atoms with Crippen LogP contribution >= 0.6 is 15.9 Å². The highest BCUT2D eigenvalue weighted by Crippen LogP contribution is 2.27. The molecule has 5 nitrogen and oxygen atoms in total. The number of nitrogens with zero attached hydrogens (tertiary/aromatic N) is 3. The predicted octanol–water partition coefficient (Wildman–Crippen LogP) is 2.58. The quantitative estimate of drug-likeness (QED) is 0.390. The lowest BCUT2D eigenvalue weighted by Crippen LogP contribution is -2.18. The van der Waals surface area contributed by atoms with Gasteiger partial charge in [0.05, 0.1) is 5.69 Å². The molecule has 0 saturated carbocycles. The molecule has 1 heterocycles. The lowest BCUT2D eigenvalue weighted by molar-refractivity contribution is 0.318. The number of anilines is 1. The van der Waals surface area contributed by atoms with Crippen molar-refractivity contribution in [3.8, 4) is 0 Å². The van der Waals surface area contributed by atoms with Gasteiger partial charge in [-0.1, -0.05) is 5.16 Å². The number of oxime groups is 1. The summed E-state index contributed by atoms with van der Waals surface area (Å²) in [6.07, 6.45) is 3.56. The summed E-state index contributed by atoms with van der Waals surface area (Å²) >= 11 is 3.51. The Morgan fingerprint density at radius 1 is 1.35 bits per heavy atom. The minimum Gasteiger partial charge on any atom is -0.409 e. The van der Waals surface area contributed by atoms with Crippen LogP contribution in [0.25, 0.3) is 0 Å². The van der Waals surface area contributed by atoms with Crippen LogP contribution in [0, 0.1) is 0 Å². The van der Waals surface area contributed by atoms with Crippen molar-refractivity contribution in [2.24, 2.45) is 10.9 Å². The van der Waals surface area contributed by atoms with Crippen LogP contribution in [0.4, 0.5) is 5.69 Å². The first-order valence-electron chi connectivity index (χ1n) is 5.99. The Bertz CT molecular complexity index is 616. The van der Waals surface area contributed by atoms with Crippen LogP contribution < -0.4 is 10.6 Å². The molecule has 0 aliphatic rings. The molecule has 0 saturated heterocycles. The van der Waals surface area contributed by atoms with Crippen molar-refractivity contribution >= 4 is 27.5 Å². The molecule has 0 fully saturated rings. The number of pyridine rings is 1. The maximum absolute atomic E-state index is 8.68. The Balaban J connectivity index is 2.20. The third kappa shape index (κ3) is 3.27. The minimum atomic E-state index is 0.0917. The number of hydrogen-bond donors (Lipinski definition) is 2. The number of benzene rings is 1. The van der Waals surface area contributed by atoms with E-state index in [1.165, 1.54) is 5.56 Å². The Morgan fingerprint density at radius 3 is 2.65 bits per heavy atom. The van der Waals surface area contributed by atoms with E-state index in [1.54, 1.807) is 12.4 Å². The second-order valence-corrected chi connectivity index (χ2v) is 5.22. The van der Waals surface area contributed by atoms with E-state index in [0.717, 1.165) is 16.7 Å². The summed E-state index contributed by atoms with van der Waals surface area (Å²) in [6.45, 7) is 0.768. The Morgan fingerprint density at radius 2 is 2.05 bits per heavy atom. The second kappa shape index (κ2) is 6.38. The van der Waals surface area contributed by atoms with Gasteiger partial charge in [-0.3, -0.25) is 4.98 Å². The molecule has 0 amide bonds. The monoisotopic (exact) mass is 334 g/mol. The zero-order valence-electron chi connectivity index (χ0n) is 11.0. The van der Waals surface area contributed by atoms with E-state index < -0.39 is 0 Å². The molecule has 2 rings (SSSR count). The molecule has 3 N–H and O–H groups in total. The van der Waals surface area contributed by atoms with Gasteiger partial charge in [0.15, 0.2) is 5.84 Å². The summed E-state index contributed by atoms with van der Waals surface area (Å²) in [5.74, 6) is 0.0917. The normalized spacial score (nSPS) is 11.4. The smallest absolute Gasteiger partial charge is 0.170 e. The van der Waals surface area contributed by atoms with Gasteiger partial charge in [0.1, 0.15) is 0 Å². The molecule has 0 atom stereocenters. The van der Waals surface area contributed by atoms with Crippen LogP contribution in [0.1, 0.15) is 11.1 Å². The van der Waals surface area contributed by atoms with Gasteiger partial charge in [0, 0.05) is 36.0 Å². The molecule has 104 valence electrons. The molecule has 6 heteroatoms. The number of rotatable bonds is 4. The van der Waals surface area contributed by atoms with Crippen molar-refractivity contribution in [3.05, 3.63) is 58.3 Å². The van der Waals surface area contributed by atoms with Crippen LogP contribution in [0.3, 0.4) is 0 Å². The summed E-state index contributed by atoms with van der Waals surface area (Å²) in [4.78, 5) is 6.11. The Hall–Kier alpha value is -2.08. The van der Waals surface area contributed by atoms with Gasteiger partial charge in [-0.15, -0.1) is 0 Å². The fourth-order valence-electron chi connectivity index (χ4n) is 1.88. The number of halogens is 1. The highest BCUT2D eigenvalue weighted by atomic mass is 79.9. The first-order valence-corrected chi connectivity index (χ1v) is 6.78. The van der Waals surface area contributed by atoms with Crippen molar-refractivity contribution in [1.29, 1.82) is 0 Å². The maximum atomic E-state index is 8.68. The summed E-state index contributed by atoms with van der Waals surface area (Å²) < 4.78 is 0.887. The van der Waals surface area contributed by atoms with E-state index in [1.807, 2.05) is 37.4 Å². The van der Waals surface area contributed by atoms with E-state index in [-0.39, 0.29) is 5.84 Å². The molecular formula is C14H15BrN4O. The predicted molar refractivity (Wildman–Crippen MR) is 83.0 cm³/mol. The van der Waals surface area contributed by atoms with Gasteiger partial charge in [0.2, 0.25) is 0 Å². The summed E-state index contributed by atoms with van der Waals surface area (Å²) in [7, 11) is 2.00. The van der Waals surface area contributed by atoms with Gasteiger partial charge in [-0.05, 0) is 51.8 Å². The third-order valence-corrected chi connectivity index (χ3v) is 3.57. The zero-order valence-corrected chi connectivity index (χ0v) is 12.6. The lowest BCUT2D eigenvalue weighted by atomic mass is 10.1. The van der Waals surface area contributed by atoms with Gasteiger partial charge in [0.25, 0.3) is 0 Å². The number of hydrogen-bond acceptors (Lipinski definition) is 4. The van der Waals surface area contributed by atoms with Crippen molar-refractivity contribution in [3.63, 3.8) is 0 Å². The van der Waals surface area contributed by atoms with Crippen molar-refractivity contribution in [1.82, 2.24) is 4.98 Å². The van der Waals surface area contributed by atoms with Crippen molar-refractivity contribution in [2.75, 3.05) is 11.9 Å². The number of amidine groups is 1. The zero-order chi connectivity index (χ0) is 14.5. The van der Waals surface area contributed by atoms with Crippen LogP contribution in [0.2, 0.25) is 0 Å². The van der Waals surface area contributed by atoms with Gasteiger partial charge < -0.3 is 15.8 Å². The van der Waals surface area contributed by atoms with Crippen molar-refractivity contribution in [2.45, 2.75) is 6.54 Å². The molecule has 20 heavy (non-hydrogen) atoms. The highest BCUT2D eigenvalue weighted by molar-refractivity contribution is 9.10. The fourth-order valence-corrected chi connectivity index (χ4v) is 2.56.